The summed E-state index contributed by atoms with van der Waals surface area (Å²) in [7, 11) is 8.19. The lowest BCUT2D eigenvalue weighted by Gasteiger charge is -2.29. The summed E-state index contributed by atoms with van der Waals surface area (Å²) >= 11 is 0. The third-order valence-corrected chi connectivity index (χ3v) is 13.4. The molecule has 0 heterocycles. The largest absolute Gasteiger partial charge is 0.502 e. The van der Waals surface area contributed by atoms with Gasteiger partial charge in [0.25, 0.3) is 0 Å². The maximum atomic E-state index is 8.56. The van der Waals surface area contributed by atoms with Gasteiger partial charge in [0, 0.05) is 85.0 Å². The number of nitrogens with zero attached hydrogens (tertiary/aromatic N) is 4. The van der Waals surface area contributed by atoms with Crippen LogP contribution in [0.25, 0.3) is 0 Å². The van der Waals surface area contributed by atoms with E-state index in [1.165, 1.54) is 0 Å². The van der Waals surface area contributed by atoms with Gasteiger partial charge in [-0.2, -0.15) is 0 Å². The van der Waals surface area contributed by atoms with Crippen LogP contribution in [-0.2, 0) is 26.6 Å². The van der Waals surface area contributed by atoms with Gasteiger partial charge >= 0.3 is 35.2 Å². The molecule has 6 N–H and O–H groups in total. The minimum atomic E-state index is -3.76. The minimum Gasteiger partial charge on any atom is -0.390 e. The molecule has 16 nitrogen and oxygen atoms in total. The van der Waals surface area contributed by atoms with Crippen molar-refractivity contribution in [1.82, 2.24) is 19.6 Å². The Balaban J connectivity index is -0.000000261. The lowest BCUT2D eigenvalue weighted by atomic mass is 10.5. The first-order valence-corrected chi connectivity index (χ1v) is 23.5. The van der Waals surface area contributed by atoms with Crippen LogP contribution in [-0.4, -0.2) is 207 Å². The molecule has 0 fully saturated rings. The van der Waals surface area contributed by atoms with E-state index in [4.69, 9.17) is 55.3 Å². The number of hydrogen-bond donors (Lipinski definition) is 6. The van der Waals surface area contributed by atoms with E-state index in [-0.39, 0.29) is 12.1 Å². The van der Waals surface area contributed by atoms with Gasteiger partial charge in [0.15, 0.2) is 0 Å². The Morgan fingerprint density at radius 3 is 0.913 bits per heavy atom. The van der Waals surface area contributed by atoms with Gasteiger partial charge in [-0.25, -0.2) is 0 Å². The highest BCUT2D eigenvalue weighted by Crippen LogP contribution is 2.16. The Bertz CT molecular complexity index is 634. The fourth-order valence-electron chi connectivity index (χ4n) is 3.28. The predicted molar refractivity (Wildman–Crippen MR) is 190 cm³/mol. The standard InChI is InChI=1S/C10H25NO3Si.C7H19NO3Si.C5H15NO3Si.C4H13NO3Si/c1-6-12-15(13-7-2,14-8-3)10-9-11(4)5;1-8(2)6-7-12(9-3,10-4)11-5;1-6(2)4-3-5-10(7,8)9;1-5(2)3-4-9(6,7)8/h6-10H2,1-5H3;6-7H2,1-5H3;7-9H,3-5H2,1-2H3;6-8H,3-4H2,1-2H3. The van der Waals surface area contributed by atoms with E-state index in [1.54, 1.807) is 40.3 Å². The number of rotatable bonds is 22. The van der Waals surface area contributed by atoms with Gasteiger partial charge < -0.3 is 74.9 Å². The zero-order chi connectivity index (χ0) is 37.0. The fourth-order valence-corrected chi connectivity index (χ4v) is 9.22. The molecule has 20 heteroatoms. The molecule has 0 bridgehead atoms. The molecule has 0 saturated heterocycles. The van der Waals surface area contributed by atoms with Crippen molar-refractivity contribution in [3.8, 4) is 0 Å². The molecule has 0 rings (SSSR count). The molecule has 0 amide bonds. The Morgan fingerprint density at radius 1 is 0.413 bits per heavy atom. The van der Waals surface area contributed by atoms with Gasteiger partial charge in [-0.05, 0) is 90.1 Å². The van der Waals surface area contributed by atoms with Gasteiger partial charge in [-0.1, -0.05) is 0 Å². The topological polar surface area (TPSA) is 190 Å². The first-order chi connectivity index (χ1) is 21.0. The van der Waals surface area contributed by atoms with Crippen LogP contribution < -0.4 is 0 Å². The SMILES string of the molecule is CCO[Si](CCN(C)C)(OCC)OCC.CN(C)CCC[Si](O)(O)O.CN(C)CC[Si](O)(O)O.CO[Si](CCN(C)C)(OC)OC. The van der Waals surface area contributed by atoms with Crippen LogP contribution >= 0.6 is 0 Å². The second kappa shape index (κ2) is 30.1. The van der Waals surface area contributed by atoms with Crippen molar-refractivity contribution in [1.29, 1.82) is 0 Å². The lowest BCUT2D eigenvalue weighted by molar-refractivity contribution is 0.0694. The molecule has 0 saturated carbocycles. The average molecular weight is 745 g/mol. The van der Waals surface area contributed by atoms with Crippen LogP contribution in [0.3, 0.4) is 0 Å². The molecule has 0 aliphatic carbocycles. The van der Waals surface area contributed by atoms with Crippen molar-refractivity contribution in [2.75, 3.05) is 124 Å². The molecule has 0 aromatic rings. The first kappa shape index (κ1) is 53.0. The van der Waals surface area contributed by atoms with E-state index >= 15 is 0 Å². The minimum absolute atomic E-state index is 0.0833. The van der Waals surface area contributed by atoms with Crippen molar-refractivity contribution in [2.45, 2.75) is 51.4 Å². The van der Waals surface area contributed by atoms with Crippen LogP contribution in [0.2, 0.25) is 24.2 Å². The second-order valence-corrected chi connectivity index (χ2v) is 21.3. The summed E-state index contributed by atoms with van der Waals surface area (Å²) in [5.74, 6) is 0. The monoisotopic (exact) mass is 744 g/mol. The summed E-state index contributed by atoms with van der Waals surface area (Å²) in [5.41, 5.74) is 0. The maximum Gasteiger partial charge on any atom is 0.502 e. The summed E-state index contributed by atoms with van der Waals surface area (Å²) in [5, 5.41) is 0. The molecule has 46 heavy (non-hydrogen) atoms. The van der Waals surface area contributed by atoms with Crippen molar-refractivity contribution in [3.63, 3.8) is 0 Å². The van der Waals surface area contributed by atoms with Gasteiger partial charge in [-0.3, -0.25) is 0 Å². The Morgan fingerprint density at radius 2 is 0.696 bits per heavy atom. The molecule has 0 unspecified atom stereocenters. The normalized spacial score (nSPS) is 12.5. The molecule has 0 radical (unpaired) electrons. The summed E-state index contributed by atoms with van der Waals surface area (Å²) < 4.78 is 32.9. The summed E-state index contributed by atoms with van der Waals surface area (Å²) in [6, 6.07) is 1.89. The van der Waals surface area contributed by atoms with Crippen LogP contribution in [0, 0.1) is 0 Å². The van der Waals surface area contributed by atoms with E-state index in [0.29, 0.717) is 32.8 Å². The average Bonchev–Trinajstić information content (AvgIpc) is 2.92. The Kier molecular flexibility index (Phi) is 34.7. The van der Waals surface area contributed by atoms with E-state index in [0.717, 1.165) is 31.7 Å². The maximum absolute atomic E-state index is 8.56. The molecule has 0 atom stereocenters. The van der Waals surface area contributed by atoms with Crippen LogP contribution in [0.1, 0.15) is 27.2 Å². The van der Waals surface area contributed by atoms with Crippen LogP contribution in [0.4, 0.5) is 0 Å². The Labute approximate surface area is 284 Å². The zero-order valence-corrected chi connectivity index (χ0v) is 35.4. The molecule has 0 aliphatic rings. The molecule has 0 aromatic heterocycles. The van der Waals surface area contributed by atoms with Crippen molar-refractivity contribution in [3.05, 3.63) is 0 Å². The fraction of sp³-hybridized carbons (Fsp3) is 1.00. The molecule has 0 aliphatic heterocycles. The zero-order valence-electron chi connectivity index (χ0n) is 31.4. The van der Waals surface area contributed by atoms with E-state index in [2.05, 4.69) is 9.80 Å². The second-order valence-electron chi connectivity index (χ2n) is 11.4. The van der Waals surface area contributed by atoms with Crippen LogP contribution in [0.15, 0.2) is 0 Å². The van der Waals surface area contributed by atoms with Crippen LogP contribution in [0.5, 0.6) is 0 Å². The molecule has 0 spiro atoms. The molecule has 0 aromatic carbocycles. The summed E-state index contributed by atoms with van der Waals surface area (Å²) in [4.78, 5) is 59.1. The van der Waals surface area contributed by atoms with Crippen molar-refractivity contribution < 1.29 is 55.3 Å². The first-order valence-electron chi connectivity index (χ1n) is 15.5. The number of hydrogen-bond acceptors (Lipinski definition) is 16. The highest BCUT2D eigenvalue weighted by atomic mass is 28.4. The molecule has 284 valence electrons. The van der Waals surface area contributed by atoms with Gasteiger partial charge in [0.05, 0.1) is 0 Å². The highest BCUT2D eigenvalue weighted by molar-refractivity contribution is 6.61. The summed E-state index contributed by atoms with van der Waals surface area (Å²) in [6.07, 6.45) is 0.628. The van der Waals surface area contributed by atoms with E-state index < -0.39 is 35.2 Å². The lowest BCUT2D eigenvalue weighted by Crippen LogP contribution is -2.47. The van der Waals surface area contributed by atoms with Crippen molar-refractivity contribution >= 4 is 35.2 Å². The van der Waals surface area contributed by atoms with Gasteiger partial charge in [0.1, 0.15) is 0 Å². The van der Waals surface area contributed by atoms with Crippen molar-refractivity contribution in [2.24, 2.45) is 0 Å². The van der Waals surface area contributed by atoms with E-state index in [1.807, 2.05) is 68.0 Å². The Hall–Kier alpha value is 0.228. The third kappa shape index (κ3) is 38.7. The highest BCUT2D eigenvalue weighted by Gasteiger charge is 2.40. The quantitative estimate of drug-likeness (QED) is 0.0766. The van der Waals surface area contributed by atoms with Gasteiger partial charge in [-0.15, -0.1) is 0 Å². The molecular weight excluding hydrogens is 673 g/mol. The third-order valence-electron chi connectivity index (χ3n) is 5.77. The summed E-state index contributed by atoms with van der Waals surface area (Å²) in [6.45, 7) is 11.0. The van der Waals surface area contributed by atoms with E-state index in [9.17, 15) is 0 Å². The smallest absolute Gasteiger partial charge is 0.390 e. The van der Waals surface area contributed by atoms with Gasteiger partial charge in [0.2, 0.25) is 0 Å². The molecular formula is C26H72N4O12Si4. The predicted octanol–water partition coefficient (Wildman–Crippen LogP) is -0.660.